The Morgan fingerprint density at radius 1 is 1.00 bits per heavy atom. The molecule has 0 radical (unpaired) electrons. The molecule has 4 aliphatic rings. The van der Waals surface area contributed by atoms with E-state index in [4.69, 9.17) is 27.9 Å². The number of phenols is 1. The topological polar surface area (TPSA) is 149 Å². The van der Waals surface area contributed by atoms with Gasteiger partial charge in [0.1, 0.15) is 11.5 Å². The van der Waals surface area contributed by atoms with Crippen LogP contribution >= 0.6 is 23.2 Å². The predicted molar refractivity (Wildman–Crippen MR) is 165 cm³/mol. The van der Waals surface area contributed by atoms with Crippen LogP contribution in [0.4, 0.5) is 19.0 Å². The third-order valence-electron chi connectivity index (χ3n) is 10.1. The first-order valence-corrected chi connectivity index (χ1v) is 15.7. The first-order valence-electron chi connectivity index (χ1n) is 15.0. The number of phenolic OH excluding ortho intramolecular Hbond substituents is 1. The second kappa shape index (κ2) is 11.5. The molecule has 11 nitrogen and oxygen atoms in total. The highest BCUT2D eigenvalue weighted by Gasteiger charge is 2.70. The summed E-state index contributed by atoms with van der Waals surface area (Å²) in [6.45, 7) is 0. The van der Waals surface area contributed by atoms with E-state index in [0.717, 1.165) is 0 Å². The lowest BCUT2D eigenvalue weighted by Crippen LogP contribution is -2.53. The molecule has 2 aliphatic carbocycles. The molecule has 0 unspecified atom stereocenters. The van der Waals surface area contributed by atoms with Crippen LogP contribution < -0.4 is 10.2 Å². The number of nitrogens with zero attached hydrogens (tertiary/aromatic N) is 3. The maximum atomic E-state index is 15.0. The molecular weight excluding hydrogens is 692 g/mol. The Labute approximate surface area is 285 Å². The van der Waals surface area contributed by atoms with Crippen LogP contribution in [-0.4, -0.2) is 56.1 Å². The minimum absolute atomic E-state index is 0.0299. The van der Waals surface area contributed by atoms with Crippen molar-refractivity contribution in [3.63, 3.8) is 0 Å². The molecule has 3 fully saturated rings. The van der Waals surface area contributed by atoms with Gasteiger partial charge in [-0.15, -0.1) is 0 Å². The Balaban J connectivity index is 1.45. The Morgan fingerprint density at radius 2 is 1.71 bits per heavy atom. The van der Waals surface area contributed by atoms with Gasteiger partial charge in [0.2, 0.25) is 0 Å². The number of nitrogens with one attached hydrogen (secondary N) is 1. The first kappa shape index (κ1) is 32.9. The number of rotatable bonds is 5. The van der Waals surface area contributed by atoms with E-state index in [9.17, 15) is 37.9 Å². The van der Waals surface area contributed by atoms with Crippen LogP contribution in [0.25, 0.3) is 0 Å². The fourth-order valence-corrected chi connectivity index (χ4v) is 8.34. The number of hydrazine groups is 1. The van der Waals surface area contributed by atoms with Crippen LogP contribution in [0.1, 0.15) is 35.4 Å². The third-order valence-corrected chi connectivity index (χ3v) is 10.6. The summed E-state index contributed by atoms with van der Waals surface area (Å²) in [5.41, 5.74) is 0.542. The number of fused-ring (bicyclic) bond motifs is 4. The molecule has 7 rings (SSSR count). The number of alkyl halides is 3. The summed E-state index contributed by atoms with van der Waals surface area (Å²) in [6.07, 6.45) is -2.67. The Morgan fingerprint density at radius 3 is 2.35 bits per heavy atom. The molecule has 1 saturated carbocycles. The number of halogens is 5. The molecule has 0 spiro atoms. The van der Waals surface area contributed by atoms with Crippen molar-refractivity contribution in [2.24, 2.45) is 23.7 Å². The zero-order valence-electron chi connectivity index (χ0n) is 25.2. The van der Waals surface area contributed by atoms with E-state index in [0.29, 0.717) is 33.4 Å². The summed E-state index contributed by atoms with van der Waals surface area (Å²) in [5, 5.41) is 22.3. The molecule has 49 heavy (non-hydrogen) atoms. The summed E-state index contributed by atoms with van der Waals surface area (Å²) in [7, 11) is 1.40. The van der Waals surface area contributed by atoms with Crippen molar-refractivity contribution in [1.29, 1.82) is 0 Å². The number of imide groups is 2. The molecule has 2 saturated heterocycles. The normalized spacial score (nSPS) is 27.9. The average Bonchev–Trinajstić information content (AvgIpc) is 3.42. The van der Waals surface area contributed by atoms with E-state index >= 15 is 4.79 Å². The third kappa shape index (κ3) is 4.79. The SMILES string of the molecule is COc1ccc([C@H]2C3=CC[C@@H]4C(=O)N(O)C(=O)[C@@H]4[C@@H]3C[C@H]3C(=O)N(Nc4ncc(C(F)(F)F)cc4Cl)C(=O)[C@@]23c2ccc(Cl)cc2)c(O)c1. The minimum atomic E-state index is -4.76. The molecule has 0 bridgehead atoms. The lowest BCUT2D eigenvalue weighted by Gasteiger charge is -2.50. The quantitative estimate of drug-likeness (QED) is 0.177. The minimum Gasteiger partial charge on any atom is -0.508 e. The number of anilines is 1. The fourth-order valence-electron chi connectivity index (χ4n) is 8.01. The van der Waals surface area contributed by atoms with Gasteiger partial charge in [-0.1, -0.05) is 53.1 Å². The van der Waals surface area contributed by atoms with Crippen molar-refractivity contribution < 1.29 is 47.4 Å². The van der Waals surface area contributed by atoms with Crippen LogP contribution in [-0.2, 0) is 30.8 Å². The maximum absolute atomic E-state index is 15.0. The highest BCUT2D eigenvalue weighted by Crippen LogP contribution is 2.65. The van der Waals surface area contributed by atoms with Crippen molar-refractivity contribution >= 4 is 52.6 Å². The van der Waals surface area contributed by atoms with Gasteiger partial charge in [0.15, 0.2) is 5.82 Å². The van der Waals surface area contributed by atoms with Crippen molar-refractivity contribution in [1.82, 2.24) is 15.1 Å². The predicted octanol–water partition coefficient (Wildman–Crippen LogP) is 5.50. The van der Waals surface area contributed by atoms with E-state index < -0.39 is 81.2 Å². The van der Waals surface area contributed by atoms with Crippen LogP contribution in [0.2, 0.25) is 10.0 Å². The van der Waals surface area contributed by atoms with Crippen molar-refractivity contribution in [2.75, 3.05) is 12.5 Å². The summed E-state index contributed by atoms with van der Waals surface area (Å²) in [6, 6.07) is 11.2. The molecule has 2 aliphatic heterocycles. The molecule has 1 aromatic heterocycles. The van der Waals surface area contributed by atoms with Gasteiger partial charge < -0.3 is 9.84 Å². The number of hydrogen-bond donors (Lipinski definition) is 3. The van der Waals surface area contributed by atoms with E-state index in [2.05, 4.69) is 10.4 Å². The van der Waals surface area contributed by atoms with Gasteiger partial charge in [-0.25, -0.2) is 4.98 Å². The maximum Gasteiger partial charge on any atom is 0.417 e. The molecule has 3 N–H and O–H groups in total. The number of aromatic hydroxyl groups is 1. The standard InChI is InChI=1S/C33H25Cl2F3N4O7/c1-49-17-6-7-19(24(43)11-17)26-18-8-9-20-25(30(46)42(48)28(20)44)21(18)12-22-29(45)41(31(47)32(22,26)14-2-4-16(34)5-3-14)40-27-23(35)10-15(13-39-27)33(36,37)38/h2-8,10-11,13,20-22,25-26,43,48H,9,12H2,1H3,(H,39,40)/t20-,21+,22-,25-,26+,32+/m0/s1. The number of hydroxylamine groups is 2. The molecule has 3 heterocycles. The molecule has 4 amide bonds. The van der Waals surface area contributed by atoms with Gasteiger partial charge >= 0.3 is 6.18 Å². The highest BCUT2D eigenvalue weighted by atomic mass is 35.5. The largest absolute Gasteiger partial charge is 0.508 e. The zero-order valence-corrected chi connectivity index (χ0v) is 26.8. The van der Waals surface area contributed by atoms with Crippen LogP contribution in [0.15, 0.2) is 66.4 Å². The number of ether oxygens (including phenoxy) is 1. The summed E-state index contributed by atoms with van der Waals surface area (Å²) >= 11 is 12.4. The molecule has 6 atom stereocenters. The van der Waals surface area contributed by atoms with Crippen molar-refractivity contribution in [3.8, 4) is 11.5 Å². The van der Waals surface area contributed by atoms with E-state index in [1.807, 2.05) is 0 Å². The summed E-state index contributed by atoms with van der Waals surface area (Å²) in [4.78, 5) is 59.5. The molecule has 16 heteroatoms. The molecule has 2 aromatic carbocycles. The average molecular weight is 717 g/mol. The van der Waals surface area contributed by atoms with Crippen LogP contribution in [0, 0.1) is 23.7 Å². The lowest BCUT2D eigenvalue weighted by molar-refractivity contribution is -0.173. The first-order chi connectivity index (χ1) is 23.2. The summed E-state index contributed by atoms with van der Waals surface area (Å²) < 4.78 is 45.3. The van der Waals surface area contributed by atoms with E-state index in [1.54, 1.807) is 24.3 Å². The number of carbonyl (C=O) groups excluding carboxylic acids is 4. The van der Waals surface area contributed by atoms with Gasteiger partial charge in [0.25, 0.3) is 23.6 Å². The fraction of sp³-hybridized carbons (Fsp3) is 0.303. The Kier molecular flexibility index (Phi) is 7.69. The second-order valence-electron chi connectivity index (χ2n) is 12.3. The van der Waals surface area contributed by atoms with Crippen LogP contribution in [0.5, 0.6) is 11.5 Å². The zero-order chi connectivity index (χ0) is 35.2. The smallest absolute Gasteiger partial charge is 0.417 e. The van der Waals surface area contributed by atoms with E-state index in [1.165, 1.54) is 31.4 Å². The van der Waals surface area contributed by atoms with Gasteiger partial charge in [-0.2, -0.15) is 23.2 Å². The van der Waals surface area contributed by atoms with Crippen molar-refractivity contribution in [2.45, 2.75) is 30.4 Å². The van der Waals surface area contributed by atoms with Gasteiger partial charge in [-0.05, 0) is 48.6 Å². The summed E-state index contributed by atoms with van der Waals surface area (Å²) in [5.74, 6) is -8.97. The number of pyridine rings is 1. The molecular formula is C33H25Cl2F3N4O7. The van der Waals surface area contributed by atoms with E-state index in [-0.39, 0.29) is 35.0 Å². The number of methoxy groups -OCH3 is 1. The second-order valence-corrected chi connectivity index (χ2v) is 13.2. The lowest BCUT2D eigenvalue weighted by atomic mass is 9.49. The number of hydrogen-bond acceptors (Lipinski definition) is 9. The molecule has 3 aromatic rings. The number of carbonyl (C=O) groups is 4. The number of benzene rings is 2. The number of aromatic nitrogens is 1. The Bertz CT molecular complexity index is 1970. The van der Waals surface area contributed by atoms with Crippen LogP contribution in [0.3, 0.4) is 0 Å². The monoisotopic (exact) mass is 716 g/mol. The van der Waals surface area contributed by atoms with Gasteiger partial charge in [0, 0.05) is 28.8 Å². The number of allylic oxidation sites excluding steroid dienone is 2. The van der Waals surface area contributed by atoms with Gasteiger partial charge in [0.05, 0.1) is 40.9 Å². The molecule has 254 valence electrons. The van der Waals surface area contributed by atoms with Crippen molar-refractivity contribution in [3.05, 3.63) is 93.1 Å². The highest BCUT2D eigenvalue weighted by molar-refractivity contribution is 6.33. The number of amides is 4. The Hall–Kier alpha value is -4.66. The van der Waals surface area contributed by atoms with Gasteiger partial charge in [-0.3, -0.25) is 29.8 Å².